The number of aliphatic hydroxyl groups excluding tert-OH is 1. The van der Waals surface area contributed by atoms with E-state index in [4.69, 9.17) is 5.73 Å². The molecule has 0 spiro atoms. The fourth-order valence-electron chi connectivity index (χ4n) is 4.45. The number of benzene rings is 2. The zero-order valence-electron chi connectivity index (χ0n) is 21.1. The van der Waals surface area contributed by atoms with E-state index in [2.05, 4.69) is 16.9 Å². The van der Waals surface area contributed by atoms with Gasteiger partial charge in [-0.3, -0.25) is 19.4 Å². The molecule has 4 rings (SSSR count). The topological polar surface area (TPSA) is 128 Å². The van der Waals surface area contributed by atoms with Gasteiger partial charge in [0.25, 0.3) is 0 Å². The number of amides is 3. The highest BCUT2D eigenvalue weighted by molar-refractivity contribution is 6.02. The molecule has 1 aliphatic carbocycles. The fraction of sp³-hybridized carbons (Fsp3) is 0.357. The zero-order valence-corrected chi connectivity index (χ0v) is 21.1. The quantitative estimate of drug-likeness (QED) is 0.434. The molecule has 1 fully saturated rings. The molecular formula is C28H33N5O4. The molecule has 1 saturated carbocycles. The van der Waals surface area contributed by atoms with Crippen molar-refractivity contribution in [3.8, 4) is 0 Å². The minimum absolute atomic E-state index is 0.0185. The van der Waals surface area contributed by atoms with E-state index in [9.17, 15) is 19.5 Å². The van der Waals surface area contributed by atoms with Crippen LogP contribution in [0.25, 0.3) is 6.08 Å². The lowest BCUT2D eigenvalue weighted by Gasteiger charge is -2.27. The van der Waals surface area contributed by atoms with Gasteiger partial charge >= 0.3 is 0 Å². The molecule has 37 heavy (non-hydrogen) atoms. The molecule has 9 nitrogen and oxygen atoms in total. The number of fused-ring (bicyclic) bond motifs is 1. The molecule has 1 heterocycles. The molecule has 9 heteroatoms. The highest BCUT2D eigenvalue weighted by atomic mass is 16.3. The minimum atomic E-state index is -0.298. The van der Waals surface area contributed by atoms with Gasteiger partial charge in [0.1, 0.15) is 5.84 Å². The lowest BCUT2D eigenvalue weighted by Crippen LogP contribution is -2.35. The Bertz CT molecular complexity index is 1250. The number of aliphatic hydroxyl groups is 1. The van der Waals surface area contributed by atoms with Gasteiger partial charge in [0.2, 0.25) is 17.7 Å². The molecule has 0 atom stereocenters. The Morgan fingerprint density at radius 2 is 1.95 bits per heavy atom. The Morgan fingerprint density at radius 1 is 1.16 bits per heavy atom. The summed E-state index contributed by atoms with van der Waals surface area (Å²) < 4.78 is 0. The summed E-state index contributed by atoms with van der Waals surface area (Å²) in [7, 11) is 0. The van der Waals surface area contributed by atoms with Crippen molar-refractivity contribution < 1.29 is 19.5 Å². The first-order valence-corrected chi connectivity index (χ1v) is 12.5. The van der Waals surface area contributed by atoms with Gasteiger partial charge < -0.3 is 26.0 Å². The van der Waals surface area contributed by atoms with Gasteiger partial charge in [-0.2, -0.15) is 0 Å². The predicted octanol–water partition coefficient (Wildman–Crippen LogP) is 3.06. The molecule has 2 aliphatic rings. The van der Waals surface area contributed by atoms with E-state index >= 15 is 0 Å². The summed E-state index contributed by atoms with van der Waals surface area (Å²) in [4.78, 5) is 45.5. The number of carbonyl (C=O) groups is 3. The van der Waals surface area contributed by atoms with Crippen LogP contribution in [0.1, 0.15) is 49.3 Å². The van der Waals surface area contributed by atoms with E-state index in [0.717, 1.165) is 29.5 Å². The summed E-state index contributed by atoms with van der Waals surface area (Å²) in [5, 5.41) is 12.5. The van der Waals surface area contributed by atoms with Crippen LogP contribution in [-0.4, -0.2) is 48.4 Å². The van der Waals surface area contributed by atoms with Crippen molar-refractivity contribution in [1.29, 1.82) is 0 Å². The number of aliphatic imine (C=N–C) groups is 1. The monoisotopic (exact) mass is 503 g/mol. The molecule has 194 valence electrons. The van der Waals surface area contributed by atoms with E-state index in [-0.39, 0.29) is 43.7 Å². The first kappa shape index (κ1) is 26.1. The number of nitrogens with one attached hydrogen (secondary N) is 1. The van der Waals surface area contributed by atoms with Gasteiger partial charge in [0.05, 0.1) is 18.8 Å². The first-order chi connectivity index (χ1) is 17.8. The second kappa shape index (κ2) is 11.4. The summed E-state index contributed by atoms with van der Waals surface area (Å²) >= 11 is 0. The summed E-state index contributed by atoms with van der Waals surface area (Å²) in [5.41, 5.74) is 10.3. The van der Waals surface area contributed by atoms with E-state index in [1.807, 2.05) is 18.2 Å². The minimum Gasteiger partial charge on any atom is -0.395 e. The number of hydrogen-bond acceptors (Lipinski definition) is 6. The normalized spacial score (nSPS) is 13.9. The van der Waals surface area contributed by atoms with Crippen LogP contribution in [0.2, 0.25) is 0 Å². The standard InChI is InChI=1S/C28H33N5O4/c1-3-20-6-8-23(15-25(20)33(18(2)35)17-19-4-5-19)32(12-13-34)27(37)11-10-26(36)31-22-7-9-24-21(14-22)16-30-28(24)29/h3,6-9,14-15,19,34H,1,4-5,10-13,16-17H2,2H3,(H2,29,30)(H,31,36). The van der Waals surface area contributed by atoms with Crippen molar-refractivity contribution in [1.82, 2.24) is 0 Å². The number of nitrogens with zero attached hydrogens (tertiary/aromatic N) is 3. The van der Waals surface area contributed by atoms with Crippen LogP contribution < -0.4 is 20.9 Å². The highest BCUT2D eigenvalue weighted by Crippen LogP contribution is 2.35. The van der Waals surface area contributed by atoms with Crippen LogP contribution >= 0.6 is 0 Å². The second-order valence-electron chi connectivity index (χ2n) is 9.41. The van der Waals surface area contributed by atoms with Gasteiger partial charge in [0, 0.05) is 49.8 Å². The van der Waals surface area contributed by atoms with E-state index in [1.165, 1.54) is 11.8 Å². The molecule has 0 saturated heterocycles. The molecule has 1 aliphatic heterocycles. The van der Waals surface area contributed by atoms with Crippen molar-refractivity contribution >= 4 is 46.7 Å². The van der Waals surface area contributed by atoms with Crippen molar-refractivity contribution in [3.05, 3.63) is 59.7 Å². The predicted molar refractivity (Wildman–Crippen MR) is 145 cm³/mol. The average Bonchev–Trinajstić information content (AvgIpc) is 3.64. The average molecular weight is 504 g/mol. The van der Waals surface area contributed by atoms with E-state index in [1.54, 1.807) is 29.2 Å². The summed E-state index contributed by atoms with van der Waals surface area (Å²) in [6.07, 6.45) is 3.82. The Morgan fingerprint density at radius 3 is 2.62 bits per heavy atom. The largest absolute Gasteiger partial charge is 0.395 e. The zero-order chi connectivity index (χ0) is 26.5. The van der Waals surface area contributed by atoms with Crippen LogP contribution in [0, 0.1) is 5.92 Å². The van der Waals surface area contributed by atoms with Gasteiger partial charge in [-0.25, -0.2) is 0 Å². The fourth-order valence-corrected chi connectivity index (χ4v) is 4.45. The Hall–Kier alpha value is -3.98. The Balaban J connectivity index is 1.44. The number of amidine groups is 1. The second-order valence-corrected chi connectivity index (χ2v) is 9.41. The summed E-state index contributed by atoms with van der Waals surface area (Å²) in [5.74, 6) is 0.303. The Labute approximate surface area is 216 Å². The first-order valence-electron chi connectivity index (χ1n) is 12.5. The SMILES string of the molecule is C=Cc1ccc(N(CCO)C(=O)CCC(=O)Nc2ccc3c(c2)CN=C3N)cc1N(CC1CC1)C(C)=O. The van der Waals surface area contributed by atoms with Gasteiger partial charge in [0.15, 0.2) is 0 Å². The number of nitrogens with two attached hydrogens (primary N) is 1. The third-order valence-electron chi connectivity index (χ3n) is 6.63. The van der Waals surface area contributed by atoms with Gasteiger partial charge in [-0.15, -0.1) is 0 Å². The maximum Gasteiger partial charge on any atom is 0.227 e. The number of anilines is 3. The smallest absolute Gasteiger partial charge is 0.227 e. The lowest BCUT2D eigenvalue weighted by atomic mass is 10.1. The number of rotatable bonds is 11. The summed E-state index contributed by atoms with van der Waals surface area (Å²) in [6.45, 7) is 6.32. The number of hydrogen-bond donors (Lipinski definition) is 3. The van der Waals surface area contributed by atoms with Crippen LogP contribution in [0.3, 0.4) is 0 Å². The summed E-state index contributed by atoms with van der Waals surface area (Å²) in [6, 6.07) is 10.8. The van der Waals surface area contributed by atoms with Gasteiger partial charge in [-0.1, -0.05) is 18.7 Å². The molecular weight excluding hydrogens is 470 g/mol. The maximum atomic E-state index is 13.1. The van der Waals surface area contributed by atoms with Crippen molar-refractivity contribution in [3.63, 3.8) is 0 Å². The molecule has 2 aromatic carbocycles. The lowest BCUT2D eigenvalue weighted by molar-refractivity contribution is -0.122. The van der Waals surface area contributed by atoms with Crippen LogP contribution in [0.5, 0.6) is 0 Å². The van der Waals surface area contributed by atoms with E-state index < -0.39 is 0 Å². The van der Waals surface area contributed by atoms with Crippen LogP contribution in [0.15, 0.2) is 48.0 Å². The van der Waals surface area contributed by atoms with Crippen molar-refractivity contribution in [2.75, 3.05) is 34.8 Å². The van der Waals surface area contributed by atoms with Crippen molar-refractivity contribution in [2.24, 2.45) is 16.6 Å². The maximum absolute atomic E-state index is 13.1. The molecule has 0 radical (unpaired) electrons. The van der Waals surface area contributed by atoms with Crippen LogP contribution in [-0.2, 0) is 20.9 Å². The Kier molecular flexibility index (Phi) is 8.03. The molecule has 0 aromatic heterocycles. The number of carbonyl (C=O) groups excluding carboxylic acids is 3. The molecule has 3 amide bonds. The molecule has 4 N–H and O–H groups in total. The third-order valence-corrected chi connectivity index (χ3v) is 6.63. The molecule has 0 bridgehead atoms. The van der Waals surface area contributed by atoms with Crippen LogP contribution in [0.4, 0.5) is 17.1 Å². The van der Waals surface area contributed by atoms with E-state index in [0.29, 0.717) is 41.9 Å². The van der Waals surface area contributed by atoms with Crippen molar-refractivity contribution in [2.45, 2.75) is 39.2 Å². The molecule has 2 aromatic rings. The third kappa shape index (κ3) is 6.24. The highest BCUT2D eigenvalue weighted by Gasteiger charge is 2.28. The van der Waals surface area contributed by atoms with Gasteiger partial charge in [-0.05, 0) is 60.2 Å². The molecule has 0 unspecified atom stereocenters.